The van der Waals surface area contributed by atoms with Gasteiger partial charge in [-0.3, -0.25) is 4.72 Å². The van der Waals surface area contributed by atoms with E-state index in [1.807, 2.05) is 44.2 Å². The SMILES string of the molecule is CC.O=S(Nc1cscn1)c1cc(Cl)c(NCc2ccccc2)cc1F. The molecule has 0 aliphatic rings. The topological polar surface area (TPSA) is 54.0 Å². The number of nitrogens with zero attached hydrogens (tertiary/aromatic N) is 1. The van der Waals surface area contributed by atoms with Gasteiger partial charge in [0.25, 0.3) is 0 Å². The lowest BCUT2D eigenvalue weighted by Gasteiger charge is -2.11. The lowest BCUT2D eigenvalue weighted by molar-refractivity contribution is 0.596. The van der Waals surface area contributed by atoms with Gasteiger partial charge in [-0.25, -0.2) is 13.6 Å². The van der Waals surface area contributed by atoms with Gasteiger partial charge in [0.1, 0.15) is 11.6 Å². The Morgan fingerprint density at radius 3 is 2.62 bits per heavy atom. The van der Waals surface area contributed by atoms with Crippen LogP contribution in [0.15, 0.2) is 58.3 Å². The molecule has 1 atom stereocenters. The van der Waals surface area contributed by atoms with Crippen LogP contribution in [-0.4, -0.2) is 9.19 Å². The number of rotatable bonds is 6. The summed E-state index contributed by atoms with van der Waals surface area (Å²) in [5.74, 6) is -0.170. The van der Waals surface area contributed by atoms with Crippen molar-refractivity contribution in [3.63, 3.8) is 0 Å². The Kier molecular flexibility index (Phi) is 8.03. The van der Waals surface area contributed by atoms with Gasteiger partial charge < -0.3 is 5.32 Å². The molecule has 3 aromatic rings. The number of halogens is 2. The highest BCUT2D eigenvalue weighted by molar-refractivity contribution is 7.86. The van der Waals surface area contributed by atoms with Crippen LogP contribution in [0.1, 0.15) is 19.4 Å². The third kappa shape index (κ3) is 5.52. The molecule has 1 aromatic heterocycles. The third-order valence-corrected chi connectivity index (χ3v) is 5.18. The van der Waals surface area contributed by atoms with E-state index < -0.39 is 16.8 Å². The molecule has 8 heteroatoms. The first-order valence-corrected chi connectivity index (χ1v) is 10.4. The van der Waals surface area contributed by atoms with Crippen LogP contribution < -0.4 is 10.0 Å². The Labute approximate surface area is 164 Å². The summed E-state index contributed by atoms with van der Waals surface area (Å²) in [5.41, 5.74) is 3.10. The zero-order valence-corrected chi connectivity index (χ0v) is 16.7. The van der Waals surface area contributed by atoms with E-state index in [4.69, 9.17) is 11.6 Å². The lowest BCUT2D eigenvalue weighted by Crippen LogP contribution is -2.08. The second kappa shape index (κ2) is 10.3. The second-order valence-corrected chi connectivity index (χ2v) is 7.15. The van der Waals surface area contributed by atoms with Crippen LogP contribution in [0.3, 0.4) is 0 Å². The summed E-state index contributed by atoms with van der Waals surface area (Å²) >= 11 is 7.54. The van der Waals surface area contributed by atoms with Gasteiger partial charge in [-0.2, -0.15) is 0 Å². The monoisotopic (exact) mass is 411 g/mol. The van der Waals surface area contributed by atoms with Crippen LogP contribution in [-0.2, 0) is 17.5 Å². The van der Waals surface area contributed by atoms with Crippen molar-refractivity contribution >= 4 is 45.4 Å². The van der Waals surface area contributed by atoms with Crippen molar-refractivity contribution in [2.75, 3.05) is 10.0 Å². The summed E-state index contributed by atoms with van der Waals surface area (Å²) in [5, 5.41) is 5.07. The second-order valence-electron chi connectivity index (χ2n) is 4.85. The number of nitrogens with one attached hydrogen (secondary N) is 2. The molecule has 0 aliphatic carbocycles. The molecule has 0 saturated heterocycles. The van der Waals surface area contributed by atoms with Crippen LogP contribution in [0.5, 0.6) is 0 Å². The zero-order chi connectivity index (χ0) is 18.9. The molecular weight excluding hydrogens is 393 g/mol. The largest absolute Gasteiger partial charge is 0.380 e. The van der Waals surface area contributed by atoms with E-state index in [1.165, 1.54) is 23.5 Å². The van der Waals surface area contributed by atoms with Gasteiger partial charge in [-0.1, -0.05) is 55.8 Å². The minimum absolute atomic E-state index is 0.0155. The minimum Gasteiger partial charge on any atom is -0.380 e. The van der Waals surface area contributed by atoms with Gasteiger partial charge in [-0.15, -0.1) is 11.3 Å². The van der Waals surface area contributed by atoms with Crippen LogP contribution in [0.4, 0.5) is 15.9 Å². The average Bonchev–Trinajstić information content (AvgIpc) is 3.17. The Morgan fingerprint density at radius 2 is 1.96 bits per heavy atom. The van der Waals surface area contributed by atoms with Gasteiger partial charge in [0.15, 0.2) is 11.0 Å². The van der Waals surface area contributed by atoms with Gasteiger partial charge in [0, 0.05) is 11.9 Å². The maximum atomic E-state index is 14.3. The third-order valence-electron chi connectivity index (χ3n) is 3.18. The predicted molar refractivity (Wildman–Crippen MR) is 109 cm³/mol. The fourth-order valence-electron chi connectivity index (χ4n) is 2.01. The molecule has 0 bridgehead atoms. The van der Waals surface area contributed by atoms with E-state index in [2.05, 4.69) is 15.0 Å². The van der Waals surface area contributed by atoms with Crippen molar-refractivity contribution < 1.29 is 8.60 Å². The minimum atomic E-state index is -1.78. The van der Waals surface area contributed by atoms with Gasteiger partial charge in [0.2, 0.25) is 0 Å². The highest BCUT2D eigenvalue weighted by atomic mass is 35.5. The van der Waals surface area contributed by atoms with E-state index in [0.29, 0.717) is 23.1 Å². The number of hydrogen-bond donors (Lipinski definition) is 2. The zero-order valence-electron chi connectivity index (χ0n) is 14.3. The van der Waals surface area contributed by atoms with E-state index in [0.717, 1.165) is 5.56 Å². The Bertz CT molecular complexity index is 845. The fourth-order valence-corrected chi connectivity index (χ4v) is 3.74. The van der Waals surface area contributed by atoms with Crippen molar-refractivity contribution in [1.82, 2.24) is 4.98 Å². The Morgan fingerprint density at radius 1 is 1.23 bits per heavy atom. The van der Waals surface area contributed by atoms with E-state index in [1.54, 1.807) is 10.9 Å². The highest BCUT2D eigenvalue weighted by Gasteiger charge is 2.15. The molecule has 0 saturated carbocycles. The smallest absolute Gasteiger partial charge is 0.154 e. The molecule has 0 aliphatic heterocycles. The lowest BCUT2D eigenvalue weighted by atomic mass is 10.2. The predicted octanol–water partition coefficient (Wildman–Crippen LogP) is 5.71. The number of benzene rings is 2. The first kappa shape index (κ1) is 20.4. The van der Waals surface area contributed by atoms with Gasteiger partial charge in [0.05, 0.1) is 21.1 Å². The average molecular weight is 412 g/mol. The maximum absolute atomic E-state index is 14.3. The van der Waals surface area contributed by atoms with Crippen molar-refractivity contribution in [2.24, 2.45) is 0 Å². The summed E-state index contributed by atoms with van der Waals surface area (Å²) < 4.78 is 29.1. The molecule has 0 radical (unpaired) electrons. The van der Waals surface area contributed by atoms with E-state index in [9.17, 15) is 8.60 Å². The molecule has 1 heterocycles. The molecule has 1 unspecified atom stereocenters. The van der Waals surface area contributed by atoms with E-state index >= 15 is 0 Å². The summed E-state index contributed by atoms with van der Waals surface area (Å²) in [4.78, 5) is 3.95. The molecule has 2 aromatic carbocycles. The van der Waals surface area contributed by atoms with Crippen LogP contribution >= 0.6 is 22.9 Å². The quantitative estimate of drug-likeness (QED) is 0.546. The van der Waals surface area contributed by atoms with Gasteiger partial charge >= 0.3 is 0 Å². The first-order valence-electron chi connectivity index (χ1n) is 7.97. The van der Waals surface area contributed by atoms with Crippen LogP contribution in [0, 0.1) is 5.82 Å². The summed E-state index contributed by atoms with van der Waals surface area (Å²) in [6, 6.07) is 12.3. The highest BCUT2D eigenvalue weighted by Crippen LogP contribution is 2.28. The number of anilines is 2. The standard InChI is InChI=1S/C16H13ClFN3OS2.C2H6/c17-12-6-15(24(22)21-16-9-23-10-20-16)13(18)7-14(12)19-8-11-4-2-1-3-5-11;1-2/h1-7,9-10,19,21H,8H2;1-2H3. The summed E-state index contributed by atoms with van der Waals surface area (Å²) in [7, 11) is -1.78. The molecule has 4 nitrogen and oxygen atoms in total. The molecule has 138 valence electrons. The van der Waals surface area contributed by atoms with Crippen LogP contribution in [0.25, 0.3) is 0 Å². The molecule has 2 N–H and O–H groups in total. The molecular formula is C18H19ClFN3OS2. The summed E-state index contributed by atoms with van der Waals surface area (Å²) in [6.45, 7) is 4.51. The summed E-state index contributed by atoms with van der Waals surface area (Å²) in [6.07, 6.45) is 0. The molecule has 0 amide bonds. The molecule has 3 rings (SSSR count). The van der Waals surface area contributed by atoms with Gasteiger partial charge in [-0.05, 0) is 17.7 Å². The normalized spacial score (nSPS) is 11.2. The van der Waals surface area contributed by atoms with Crippen molar-refractivity contribution in [1.29, 1.82) is 0 Å². The first-order chi connectivity index (χ1) is 12.6. The van der Waals surface area contributed by atoms with Crippen LogP contribution in [0.2, 0.25) is 5.02 Å². The number of thiazole rings is 1. The maximum Gasteiger partial charge on any atom is 0.154 e. The Balaban J connectivity index is 0.00000117. The number of hydrogen-bond acceptors (Lipinski definition) is 4. The van der Waals surface area contributed by atoms with Crippen molar-refractivity contribution in [3.05, 3.63) is 69.8 Å². The number of aromatic nitrogens is 1. The molecule has 0 fully saturated rings. The fraction of sp³-hybridized carbons (Fsp3) is 0.167. The van der Waals surface area contributed by atoms with E-state index in [-0.39, 0.29) is 4.90 Å². The molecule has 26 heavy (non-hydrogen) atoms. The van der Waals surface area contributed by atoms with Crippen molar-refractivity contribution in [2.45, 2.75) is 25.3 Å². The Hall–Kier alpha value is -1.96. The van der Waals surface area contributed by atoms with Crippen molar-refractivity contribution in [3.8, 4) is 0 Å². The molecule has 0 spiro atoms.